The van der Waals surface area contributed by atoms with E-state index in [0.29, 0.717) is 19.3 Å². The molecule has 75 heavy (non-hydrogen) atoms. The van der Waals surface area contributed by atoms with Crippen molar-refractivity contribution in [2.45, 2.75) is 322 Å². The third kappa shape index (κ3) is 61.3. The Hall–Kier alpha value is -3.41. The normalized spacial score (nSPS) is 12.6. The number of carbonyl (C=O) groups excluding carboxylic acids is 3. The molecule has 0 aromatic heterocycles. The van der Waals surface area contributed by atoms with E-state index in [1.54, 1.807) is 0 Å². The van der Waals surface area contributed by atoms with Gasteiger partial charge < -0.3 is 14.2 Å². The molecular weight excluding hydrogens is 925 g/mol. The lowest BCUT2D eigenvalue weighted by atomic mass is 10.0. The third-order valence-electron chi connectivity index (χ3n) is 13.9. The van der Waals surface area contributed by atoms with Crippen LogP contribution in [0.3, 0.4) is 0 Å². The number of allylic oxidation sites excluding steroid dienone is 14. The molecule has 0 heterocycles. The highest BCUT2D eigenvalue weighted by molar-refractivity contribution is 5.71. The average molecular weight is 1050 g/mol. The Morgan fingerprint density at radius 3 is 0.840 bits per heavy atom. The summed E-state index contributed by atoms with van der Waals surface area (Å²) < 4.78 is 16.9. The minimum absolute atomic E-state index is 0.0895. The summed E-state index contributed by atoms with van der Waals surface area (Å²) in [5.74, 6) is -0.922. The molecule has 0 rings (SSSR count). The van der Waals surface area contributed by atoms with Gasteiger partial charge in [0.15, 0.2) is 6.10 Å². The second kappa shape index (κ2) is 63.1. The Bertz CT molecular complexity index is 1430. The molecule has 0 aliphatic heterocycles. The highest BCUT2D eigenvalue weighted by atomic mass is 16.6. The molecule has 1 atom stereocenters. The number of ether oxygens (including phenoxy) is 3. The molecule has 0 N–H and O–H groups in total. The van der Waals surface area contributed by atoms with Crippen LogP contribution in [0.25, 0.3) is 0 Å². The van der Waals surface area contributed by atoms with E-state index >= 15 is 0 Å². The number of esters is 3. The van der Waals surface area contributed by atoms with Gasteiger partial charge in [-0.1, -0.05) is 286 Å². The number of unbranched alkanes of at least 4 members (excludes halogenated alkanes) is 33. The SMILES string of the molecule is CC/C=C\C/C=C\C/C=C\C/C=C\CCCCC(=O)OCC(COC(=O)CCCCCCCCCCCC/C=C\C/C=C\C/C=C\CCCCCCC)OC(=O)CCCCCCCCCCCCCCCCCCC. The van der Waals surface area contributed by atoms with Gasteiger partial charge in [0.25, 0.3) is 0 Å². The van der Waals surface area contributed by atoms with Gasteiger partial charge in [-0.3, -0.25) is 14.4 Å². The Labute approximate surface area is 465 Å². The van der Waals surface area contributed by atoms with Crippen LogP contribution >= 0.6 is 0 Å². The maximum Gasteiger partial charge on any atom is 0.306 e. The zero-order chi connectivity index (χ0) is 54.3. The van der Waals surface area contributed by atoms with Crippen LogP contribution in [0.5, 0.6) is 0 Å². The molecular formula is C69H120O6. The van der Waals surface area contributed by atoms with Gasteiger partial charge in [-0.05, 0) is 96.3 Å². The lowest BCUT2D eigenvalue weighted by Crippen LogP contribution is -2.30. The van der Waals surface area contributed by atoms with E-state index in [9.17, 15) is 14.4 Å². The average Bonchev–Trinajstić information content (AvgIpc) is 3.41. The monoisotopic (exact) mass is 1040 g/mol. The standard InChI is InChI=1S/C69H120O6/c1-4-7-10-13-16-19-22-25-28-30-31-32-33-34-35-36-37-39-41-44-47-50-53-56-59-62-68(71)74-65-66(64-73-67(70)61-58-55-52-49-46-43-40-27-24-21-18-15-12-9-6-3)75-69(72)63-60-57-54-51-48-45-42-38-29-26-23-20-17-14-11-8-5-2/h9,12,18,21-22,25,27,30-31,33-34,40,46,49,66H,4-8,10-11,13-17,19-20,23-24,26,28-29,32,35-39,41-45,47-48,50-65H2,1-3H3/b12-9-,21-18-,25-22-,31-30-,34-33-,40-27-,49-46-. The van der Waals surface area contributed by atoms with Crippen molar-refractivity contribution in [2.75, 3.05) is 13.2 Å². The van der Waals surface area contributed by atoms with Crippen LogP contribution < -0.4 is 0 Å². The molecule has 1 unspecified atom stereocenters. The van der Waals surface area contributed by atoms with E-state index in [1.807, 2.05) is 0 Å². The van der Waals surface area contributed by atoms with Crippen molar-refractivity contribution in [2.24, 2.45) is 0 Å². The van der Waals surface area contributed by atoms with Crippen molar-refractivity contribution in [3.05, 3.63) is 85.1 Å². The van der Waals surface area contributed by atoms with Crippen molar-refractivity contribution in [1.82, 2.24) is 0 Å². The highest BCUT2D eigenvalue weighted by Crippen LogP contribution is 2.17. The highest BCUT2D eigenvalue weighted by Gasteiger charge is 2.19. The van der Waals surface area contributed by atoms with E-state index in [0.717, 1.165) is 96.3 Å². The minimum Gasteiger partial charge on any atom is -0.462 e. The van der Waals surface area contributed by atoms with Gasteiger partial charge in [0.1, 0.15) is 13.2 Å². The van der Waals surface area contributed by atoms with Crippen molar-refractivity contribution in [3.63, 3.8) is 0 Å². The van der Waals surface area contributed by atoms with Crippen molar-refractivity contribution >= 4 is 17.9 Å². The number of rotatable bonds is 58. The number of hydrogen-bond acceptors (Lipinski definition) is 6. The van der Waals surface area contributed by atoms with Crippen molar-refractivity contribution < 1.29 is 28.6 Å². The molecule has 0 amide bonds. The molecule has 0 spiro atoms. The van der Waals surface area contributed by atoms with Gasteiger partial charge >= 0.3 is 17.9 Å². The topological polar surface area (TPSA) is 78.9 Å². The van der Waals surface area contributed by atoms with E-state index in [2.05, 4.69) is 106 Å². The van der Waals surface area contributed by atoms with Gasteiger partial charge in [-0.2, -0.15) is 0 Å². The summed E-state index contributed by atoms with van der Waals surface area (Å²) in [5, 5.41) is 0. The first-order valence-electron chi connectivity index (χ1n) is 32.1. The van der Waals surface area contributed by atoms with E-state index in [4.69, 9.17) is 14.2 Å². The van der Waals surface area contributed by atoms with E-state index < -0.39 is 6.10 Å². The molecule has 6 heteroatoms. The Balaban J connectivity index is 4.36. The minimum atomic E-state index is -0.795. The van der Waals surface area contributed by atoms with Crippen LogP contribution in [-0.2, 0) is 28.6 Å². The van der Waals surface area contributed by atoms with Gasteiger partial charge in [-0.15, -0.1) is 0 Å². The van der Waals surface area contributed by atoms with Crippen LogP contribution in [0.4, 0.5) is 0 Å². The molecule has 0 aromatic carbocycles. The van der Waals surface area contributed by atoms with Crippen LogP contribution in [0.2, 0.25) is 0 Å². The molecule has 0 aromatic rings. The summed E-state index contributed by atoms with van der Waals surface area (Å²) in [6, 6.07) is 0. The van der Waals surface area contributed by atoms with Gasteiger partial charge in [0, 0.05) is 19.3 Å². The van der Waals surface area contributed by atoms with Crippen LogP contribution in [-0.4, -0.2) is 37.2 Å². The molecule has 432 valence electrons. The maximum absolute atomic E-state index is 12.9. The summed E-state index contributed by atoms with van der Waals surface area (Å²) in [7, 11) is 0. The van der Waals surface area contributed by atoms with Crippen LogP contribution in [0, 0.1) is 0 Å². The quantitative estimate of drug-likeness (QED) is 0.0261. The van der Waals surface area contributed by atoms with E-state index in [-0.39, 0.29) is 31.1 Å². The molecule has 0 aliphatic carbocycles. The molecule has 0 bridgehead atoms. The third-order valence-corrected chi connectivity index (χ3v) is 13.9. The predicted octanol–water partition coefficient (Wildman–Crippen LogP) is 21.9. The van der Waals surface area contributed by atoms with Crippen LogP contribution in [0.15, 0.2) is 85.1 Å². The second-order valence-corrected chi connectivity index (χ2v) is 21.3. The molecule has 0 fully saturated rings. The molecule has 0 aliphatic rings. The fourth-order valence-corrected chi connectivity index (χ4v) is 9.09. The van der Waals surface area contributed by atoms with Crippen LogP contribution in [0.1, 0.15) is 316 Å². The van der Waals surface area contributed by atoms with Crippen molar-refractivity contribution in [1.29, 1.82) is 0 Å². The summed E-state index contributed by atoms with van der Waals surface area (Å²) in [6.07, 6.45) is 83.1. The summed E-state index contributed by atoms with van der Waals surface area (Å²) >= 11 is 0. The van der Waals surface area contributed by atoms with Gasteiger partial charge in [0.2, 0.25) is 0 Å². The first-order valence-corrected chi connectivity index (χ1v) is 32.1. The molecule has 6 nitrogen and oxygen atoms in total. The fraction of sp³-hybridized carbons (Fsp3) is 0.754. The number of carbonyl (C=O) groups is 3. The van der Waals surface area contributed by atoms with Crippen molar-refractivity contribution in [3.8, 4) is 0 Å². The molecule has 0 saturated carbocycles. The Morgan fingerprint density at radius 1 is 0.280 bits per heavy atom. The van der Waals surface area contributed by atoms with E-state index in [1.165, 1.54) is 180 Å². The largest absolute Gasteiger partial charge is 0.462 e. The number of hydrogen-bond donors (Lipinski definition) is 0. The first-order chi connectivity index (χ1) is 37.0. The summed E-state index contributed by atoms with van der Waals surface area (Å²) in [4.78, 5) is 38.3. The zero-order valence-corrected chi connectivity index (χ0v) is 49.6. The predicted molar refractivity (Wildman–Crippen MR) is 325 cm³/mol. The fourth-order valence-electron chi connectivity index (χ4n) is 9.09. The molecule has 0 radical (unpaired) electrons. The lowest BCUT2D eigenvalue weighted by molar-refractivity contribution is -0.167. The van der Waals surface area contributed by atoms with Gasteiger partial charge in [-0.25, -0.2) is 0 Å². The maximum atomic E-state index is 12.9. The summed E-state index contributed by atoms with van der Waals surface area (Å²) in [6.45, 7) is 6.51. The smallest absolute Gasteiger partial charge is 0.306 e. The second-order valence-electron chi connectivity index (χ2n) is 21.3. The zero-order valence-electron chi connectivity index (χ0n) is 49.6. The Kier molecular flexibility index (Phi) is 60.3. The Morgan fingerprint density at radius 2 is 0.520 bits per heavy atom. The van der Waals surface area contributed by atoms with Gasteiger partial charge in [0.05, 0.1) is 0 Å². The first kappa shape index (κ1) is 71.6. The molecule has 0 saturated heterocycles. The summed E-state index contributed by atoms with van der Waals surface area (Å²) in [5.41, 5.74) is 0. The lowest BCUT2D eigenvalue weighted by Gasteiger charge is -2.18.